The second kappa shape index (κ2) is 5.80. The van der Waals surface area contributed by atoms with E-state index < -0.39 is 38.7 Å². The second-order valence-corrected chi connectivity index (χ2v) is 3.79. The van der Waals surface area contributed by atoms with Crippen LogP contribution in [0.15, 0.2) is 10.7 Å². The van der Waals surface area contributed by atoms with Crippen LogP contribution in [0.1, 0.15) is 29.4 Å². The van der Waals surface area contributed by atoms with Gasteiger partial charge in [0.05, 0.1) is 16.0 Å². The highest BCUT2D eigenvalue weighted by Crippen LogP contribution is 2.36. The molecule has 0 aliphatic heterocycles. The van der Waals surface area contributed by atoms with Crippen LogP contribution in [0.4, 0.5) is 14.5 Å². The lowest BCUT2D eigenvalue weighted by molar-refractivity contribution is -0.386. The Morgan fingerprint density at radius 3 is 2.72 bits per heavy atom. The van der Waals surface area contributed by atoms with Crippen LogP contribution >= 0.6 is 15.9 Å². The number of rotatable bonds is 4. The number of aromatic nitrogens is 1. The summed E-state index contributed by atoms with van der Waals surface area (Å²) in [5.74, 6) is -0.929. The summed E-state index contributed by atoms with van der Waals surface area (Å²) in [4.78, 5) is 24.4. The molecule has 0 aliphatic rings. The Morgan fingerprint density at radius 2 is 2.28 bits per heavy atom. The van der Waals surface area contributed by atoms with Crippen molar-refractivity contribution in [2.45, 2.75) is 13.3 Å². The van der Waals surface area contributed by atoms with Crippen LogP contribution in [-0.4, -0.2) is 22.5 Å². The normalized spacial score (nSPS) is 10.5. The molecule has 98 valence electrons. The largest absolute Gasteiger partial charge is 0.461 e. The Bertz CT molecular complexity index is 496. The molecule has 18 heavy (non-hydrogen) atoms. The minimum absolute atomic E-state index is 0.0357. The van der Waals surface area contributed by atoms with Crippen LogP contribution in [0, 0.1) is 10.1 Å². The number of carbonyl (C=O) groups excluding carboxylic acids is 1. The van der Waals surface area contributed by atoms with Crippen LogP contribution in [-0.2, 0) is 4.74 Å². The molecule has 1 rings (SSSR count). The predicted octanol–water partition coefficient (Wildman–Crippen LogP) is 2.87. The lowest BCUT2D eigenvalue weighted by Crippen LogP contribution is -2.11. The van der Waals surface area contributed by atoms with E-state index in [0.717, 1.165) is 0 Å². The Labute approximate surface area is 108 Å². The van der Waals surface area contributed by atoms with Gasteiger partial charge in [-0.1, -0.05) is 0 Å². The first kappa shape index (κ1) is 14.4. The Hall–Kier alpha value is -1.64. The first-order chi connectivity index (χ1) is 8.40. The highest BCUT2D eigenvalue weighted by molar-refractivity contribution is 9.10. The fraction of sp³-hybridized carbons (Fsp3) is 0.333. The molecule has 0 bridgehead atoms. The van der Waals surface area contributed by atoms with Gasteiger partial charge in [-0.3, -0.25) is 10.1 Å². The summed E-state index contributed by atoms with van der Waals surface area (Å²) < 4.78 is 29.7. The number of nitro groups is 1. The number of nitrogens with zero attached hydrogens (tertiary/aromatic N) is 2. The summed E-state index contributed by atoms with van der Waals surface area (Å²) in [5, 5.41) is 10.6. The third kappa shape index (κ3) is 2.78. The third-order valence-electron chi connectivity index (χ3n) is 1.92. The summed E-state index contributed by atoms with van der Waals surface area (Å²) in [6.45, 7) is 1.57. The average Bonchev–Trinajstić information content (AvgIpc) is 2.27. The molecule has 0 amide bonds. The summed E-state index contributed by atoms with van der Waals surface area (Å²) in [5.41, 5.74) is -2.17. The fourth-order valence-corrected chi connectivity index (χ4v) is 1.83. The molecule has 0 atom stereocenters. The highest BCUT2D eigenvalue weighted by atomic mass is 79.9. The van der Waals surface area contributed by atoms with Crippen molar-refractivity contribution in [2.75, 3.05) is 6.61 Å². The molecule has 1 heterocycles. The van der Waals surface area contributed by atoms with E-state index >= 15 is 0 Å². The van der Waals surface area contributed by atoms with Crippen molar-refractivity contribution < 1.29 is 23.2 Å². The van der Waals surface area contributed by atoms with E-state index in [1.165, 1.54) is 6.92 Å². The van der Waals surface area contributed by atoms with E-state index in [1.54, 1.807) is 0 Å². The van der Waals surface area contributed by atoms with E-state index in [-0.39, 0.29) is 6.61 Å². The van der Waals surface area contributed by atoms with Crippen molar-refractivity contribution in [3.63, 3.8) is 0 Å². The molecule has 0 saturated heterocycles. The lowest BCUT2D eigenvalue weighted by atomic mass is 10.2. The van der Waals surface area contributed by atoms with Crippen molar-refractivity contribution in [2.24, 2.45) is 0 Å². The summed E-state index contributed by atoms with van der Waals surface area (Å²) in [6.07, 6.45) is -2.51. The molecule has 0 aliphatic carbocycles. The standard InChI is InChI=1S/C9H7BrF2N2O4/c1-2-18-9(15)7-6(10)5(8(11)12)4(3-13-7)14(16)17/h3,8H,2H2,1H3. The first-order valence-electron chi connectivity index (χ1n) is 4.68. The van der Waals surface area contributed by atoms with Gasteiger partial charge < -0.3 is 4.74 Å². The molecule has 1 aromatic heterocycles. The van der Waals surface area contributed by atoms with Gasteiger partial charge in [-0.2, -0.15) is 0 Å². The lowest BCUT2D eigenvalue weighted by Gasteiger charge is -2.08. The molecule has 9 heteroatoms. The number of hydrogen-bond donors (Lipinski definition) is 0. The molecule has 0 radical (unpaired) electrons. The SMILES string of the molecule is CCOC(=O)c1ncc([N+](=O)[O-])c(C(F)F)c1Br. The highest BCUT2D eigenvalue weighted by Gasteiger charge is 2.30. The average molecular weight is 325 g/mol. The number of esters is 1. The maximum Gasteiger partial charge on any atom is 0.358 e. The van der Waals surface area contributed by atoms with Gasteiger partial charge in [0, 0.05) is 0 Å². The van der Waals surface area contributed by atoms with Crippen LogP contribution in [0.3, 0.4) is 0 Å². The van der Waals surface area contributed by atoms with Crippen LogP contribution in [0.2, 0.25) is 0 Å². The van der Waals surface area contributed by atoms with Crippen LogP contribution in [0.25, 0.3) is 0 Å². The summed E-state index contributed by atoms with van der Waals surface area (Å²) >= 11 is 2.72. The molecular formula is C9H7BrF2N2O4. The number of pyridine rings is 1. The number of halogens is 3. The number of alkyl halides is 2. The summed E-state index contributed by atoms with van der Waals surface area (Å²) in [6, 6.07) is 0. The molecule has 0 spiro atoms. The van der Waals surface area contributed by atoms with E-state index in [9.17, 15) is 23.7 Å². The van der Waals surface area contributed by atoms with Gasteiger partial charge in [-0.05, 0) is 22.9 Å². The van der Waals surface area contributed by atoms with Crippen LogP contribution < -0.4 is 0 Å². The topological polar surface area (TPSA) is 82.3 Å². The van der Waals surface area contributed by atoms with Crippen molar-refractivity contribution in [1.29, 1.82) is 0 Å². The molecule has 1 aromatic rings. The predicted molar refractivity (Wildman–Crippen MR) is 59.5 cm³/mol. The molecule has 0 aromatic carbocycles. The summed E-state index contributed by atoms with van der Waals surface area (Å²) in [7, 11) is 0. The molecular weight excluding hydrogens is 318 g/mol. The first-order valence-corrected chi connectivity index (χ1v) is 5.47. The maximum atomic E-state index is 12.8. The van der Waals surface area contributed by atoms with Gasteiger partial charge >= 0.3 is 5.97 Å². The Balaban J connectivity index is 3.39. The maximum absolute atomic E-state index is 12.8. The van der Waals surface area contributed by atoms with E-state index in [4.69, 9.17) is 0 Å². The number of ether oxygens (including phenoxy) is 1. The van der Waals surface area contributed by atoms with Crippen LogP contribution in [0.5, 0.6) is 0 Å². The monoisotopic (exact) mass is 324 g/mol. The van der Waals surface area contributed by atoms with Crippen molar-refractivity contribution in [1.82, 2.24) is 4.98 Å². The Morgan fingerprint density at radius 1 is 1.67 bits per heavy atom. The zero-order chi connectivity index (χ0) is 13.9. The van der Waals surface area contributed by atoms with Crippen molar-refractivity contribution >= 4 is 27.6 Å². The number of hydrogen-bond acceptors (Lipinski definition) is 5. The van der Waals surface area contributed by atoms with Crippen molar-refractivity contribution in [3.8, 4) is 0 Å². The molecule has 6 nitrogen and oxygen atoms in total. The third-order valence-corrected chi connectivity index (χ3v) is 2.72. The van der Waals surface area contributed by atoms with E-state index in [2.05, 4.69) is 25.7 Å². The van der Waals surface area contributed by atoms with Gasteiger partial charge in [0.25, 0.3) is 12.1 Å². The van der Waals surface area contributed by atoms with Gasteiger partial charge in [-0.15, -0.1) is 0 Å². The van der Waals surface area contributed by atoms with Crippen molar-refractivity contribution in [3.05, 3.63) is 32.0 Å². The number of carbonyl (C=O) groups is 1. The smallest absolute Gasteiger partial charge is 0.358 e. The quantitative estimate of drug-likeness (QED) is 0.483. The van der Waals surface area contributed by atoms with Gasteiger partial charge in [0.2, 0.25) is 0 Å². The van der Waals surface area contributed by atoms with Gasteiger partial charge in [-0.25, -0.2) is 18.6 Å². The zero-order valence-corrected chi connectivity index (χ0v) is 10.6. The molecule has 0 N–H and O–H groups in total. The molecule has 0 unspecified atom stereocenters. The minimum atomic E-state index is -3.11. The van der Waals surface area contributed by atoms with E-state index in [1.807, 2.05) is 0 Å². The fourth-order valence-electron chi connectivity index (χ4n) is 1.19. The van der Waals surface area contributed by atoms with Gasteiger partial charge in [0.15, 0.2) is 5.69 Å². The Kier molecular flexibility index (Phi) is 4.65. The molecule has 0 saturated carbocycles. The molecule has 0 fully saturated rings. The second-order valence-electron chi connectivity index (χ2n) is 3.00. The van der Waals surface area contributed by atoms with E-state index in [0.29, 0.717) is 6.20 Å². The zero-order valence-electron chi connectivity index (χ0n) is 9.02. The van der Waals surface area contributed by atoms with Gasteiger partial charge in [0.1, 0.15) is 11.8 Å². The minimum Gasteiger partial charge on any atom is -0.461 e.